The summed E-state index contributed by atoms with van der Waals surface area (Å²) in [5, 5.41) is 1.79. The van der Waals surface area contributed by atoms with Crippen molar-refractivity contribution >= 4 is 22.7 Å². The summed E-state index contributed by atoms with van der Waals surface area (Å²) in [6.07, 6.45) is -4.04. The molecule has 3 aromatic rings. The number of oxazole rings is 1. The first-order valence-electron chi connectivity index (χ1n) is 7.25. The minimum Gasteiger partial charge on any atom is -0.436 e. The van der Waals surface area contributed by atoms with Gasteiger partial charge in [0.2, 0.25) is 5.89 Å². The van der Waals surface area contributed by atoms with Crippen LogP contribution in [-0.4, -0.2) is 17.1 Å². The van der Waals surface area contributed by atoms with Gasteiger partial charge in [0.1, 0.15) is 5.52 Å². The van der Waals surface area contributed by atoms with Crippen LogP contribution in [0.3, 0.4) is 0 Å². The van der Waals surface area contributed by atoms with Gasteiger partial charge in [-0.15, -0.1) is 0 Å². The molecule has 0 aliphatic carbocycles. The first kappa shape index (κ1) is 16.0. The minimum absolute atomic E-state index is 0.0467. The quantitative estimate of drug-likeness (QED) is 0.764. The van der Waals surface area contributed by atoms with Crippen LogP contribution in [0.25, 0.3) is 22.6 Å². The molecular weight excluding hydrogens is 321 g/mol. The van der Waals surface area contributed by atoms with E-state index in [1.165, 1.54) is 24.3 Å². The molecule has 2 aromatic carbocycles. The number of aryl methyl sites for hydroxylation is 1. The third-order valence-electron chi connectivity index (χ3n) is 3.51. The maximum Gasteiger partial charge on any atom is 0.471 e. The number of carbonyl (C=O) groups excluding carboxylic acids is 1. The van der Waals surface area contributed by atoms with Gasteiger partial charge in [0.15, 0.2) is 5.58 Å². The molecule has 7 heteroatoms. The summed E-state index contributed by atoms with van der Waals surface area (Å²) in [5.74, 6) is -1.64. The first-order chi connectivity index (χ1) is 11.4. The topological polar surface area (TPSA) is 55.1 Å². The highest BCUT2D eigenvalue weighted by Crippen LogP contribution is 2.26. The lowest BCUT2D eigenvalue weighted by molar-refractivity contribution is -0.167. The van der Waals surface area contributed by atoms with Gasteiger partial charge in [-0.25, -0.2) is 4.98 Å². The van der Waals surface area contributed by atoms with Crippen molar-refractivity contribution in [1.29, 1.82) is 0 Å². The van der Waals surface area contributed by atoms with E-state index in [0.29, 0.717) is 17.0 Å². The van der Waals surface area contributed by atoms with Gasteiger partial charge in [-0.2, -0.15) is 13.2 Å². The van der Waals surface area contributed by atoms with Crippen LogP contribution in [0.5, 0.6) is 0 Å². The fourth-order valence-corrected chi connectivity index (χ4v) is 2.21. The average Bonchev–Trinajstić information content (AvgIpc) is 2.97. The van der Waals surface area contributed by atoms with Crippen molar-refractivity contribution in [2.75, 3.05) is 5.32 Å². The van der Waals surface area contributed by atoms with Crippen molar-refractivity contribution in [3.05, 3.63) is 48.0 Å². The molecule has 0 radical (unpaired) electrons. The van der Waals surface area contributed by atoms with Gasteiger partial charge in [-0.3, -0.25) is 4.79 Å². The summed E-state index contributed by atoms with van der Waals surface area (Å²) >= 11 is 0. The summed E-state index contributed by atoms with van der Waals surface area (Å²) in [4.78, 5) is 15.3. The number of aromatic nitrogens is 1. The highest BCUT2D eigenvalue weighted by atomic mass is 19.4. The number of anilines is 1. The Labute approximate surface area is 135 Å². The van der Waals surface area contributed by atoms with Gasteiger partial charge in [0, 0.05) is 11.3 Å². The minimum atomic E-state index is -4.92. The van der Waals surface area contributed by atoms with Gasteiger partial charge in [-0.1, -0.05) is 13.0 Å². The zero-order chi connectivity index (χ0) is 17.3. The summed E-state index contributed by atoms with van der Waals surface area (Å²) in [6, 6.07) is 11.5. The van der Waals surface area contributed by atoms with E-state index >= 15 is 0 Å². The van der Waals surface area contributed by atoms with Crippen LogP contribution in [0.15, 0.2) is 46.9 Å². The van der Waals surface area contributed by atoms with E-state index < -0.39 is 12.1 Å². The molecule has 1 heterocycles. The Morgan fingerprint density at radius 3 is 2.50 bits per heavy atom. The van der Waals surface area contributed by atoms with E-state index in [2.05, 4.69) is 4.98 Å². The van der Waals surface area contributed by atoms with E-state index in [9.17, 15) is 18.0 Å². The maximum atomic E-state index is 12.2. The van der Waals surface area contributed by atoms with Crippen molar-refractivity contribution in [2.45, 2.75) is 19.5 Å². The summed E-state index contributed by atoms with van der Waals surface area (Å²) in [5.41, 5.74) is 3.14. The van der Waals surface area contributed by atoms with Crippen LogP contribution in [-0.2, 0) is 11.2 Å². The van der Waals surface area contributed by atoms with E-state index in [0.717, 1.165) is 17.5 Å². The molecular formula is C17H13F3N2O2. The lowest BCUT2D eigenvalue weighted by Crippen LogP contribution is -2.29. The molecule has 0 spiro atoms. The number of hydrogen-bond donors (Lipinski definition) is 1. The number of amides is 1. The number of carbonyl (C=O) groups is 1. The fourth-order valence-electron chi connectivity index (χ4n) is 2.21. The number of alkyl halides is 3. The lowest BCUT2D eigenvalue weighted by Gasteiger charge is -2.07. The Kier molecular flexibility index (Phi) is 4.01. The molecule has 1 amide bonds. The van der Waals surface area contributed by atoms with Crippen LogP contribution in [0.4, 0.5) is 18.9 Å². The number of fused-ring (bicyclic) bond motifs is 1. The summed E-state index contributed by atoms with van der Waals surface area (Å²) < 4.78 is 42.3. The largest absolute Gasteiger partial charge is 0.471 e. The van der Waals surface area contributed by atoms with Crippen LogP contribution >= 0.6 is 0 Å². The number of nitrogens with zero attached hydrogens (tertiary/aromatic N) is 1. The van der Waals surface area contributed by atoms with Gasteiger partial charge >= 0.3 is 12.1 Å². The SMILES string of the molecule is CCc1ccc2oc(-c3ccc(NC(=O)C(F)(F)F)cc3)nc2c1. The third-order valence-corrected chi connectivity index (χ3v) is 3.51. The maximum absolute atomic E-state index is 12.2. The van der Waals surface area contributed by atoms with Crippen molar-refractivity contribution in [3.63, 3.8) is 0 Å². The lowest BCUT2D eigenvalue weighted by atomic mass is 10.1. The molecule has 0 aliphatic rings. The van der Waals surface area contributed by atoms with Crippen molar-refractivity contribution in [2.24, 2.45) is 0 Å². The number of hydrogen-bond acceptors (Lipinski definition) is 3. The number of halogens is 3. The standard InChI is InChI=1S/C17H13F3N2O2/c1-2-10-3-8-14-13(9-10)22-15(24-14)11-4-6-12(7-5-11)21-16(23)17(18,19)20/h3-9H,2H2,1H3,(H,21,23). The Morgan fingerprint density at radius 1 is 1.17 bits per heavy atom. The van der Waals surface area contributed by atoms with E-state index in [1.54, 1.807) is 5.32 Å². The molecule has 0 saturated carbocycles. The second kappa shape index (κ2) is 5.99. The molecule has 4 nitrogen and oxygen atoms in total. The molecule has 24 heavy (non-hydrogen) atoms. The zero-order valence-electron chi connectivity index (χ0n) is 12.6. The van der Waals surface area contributed by atoms with Crippen LogP contribution in [0.2, 0.25) is 0 Å². The van der Waals surface area contributed by atoms with Gasteiger partial charge in [0.25, 0.3) is 0 Å². The Hall–Kier alpha value is -2.83. The Balaban J connectivity index is 1.84. The zero-order valence-corrected chi connectivity index (χ0v) is 12.6. The molecule has 3 rings (SSSR count). The molecule has 0 saturated heterocycles. The van der Waals surface area contributed by atoms with Crippen LogP contribution < -0.4 is 5.32 Å². The molecule has 1 aromatic heterocycles. The van der Waals surface area contributed by atoms with Crippen molar-refractivity contribution in [3.8, 4) is 11.5 Å². The summed E-state index contributed by atoms with van der Waals surface area (Å²) in [7, 11) is 0. The third kappa shape index (κ3) is 3.24. The molecule has 0 fully saturated rings. The number of rotatable bonds is 3. The molecule has 0 atom stereocenters. The number of benzene rings is 2. The second-order valence-electron chi connectivity index (χ2n) is 5.20. The van der Waals surface area contributed by atoms with E-state index in [4.69, 9.17) is 4.42 Å². The van der Waals surface area contributed by atoms with Crippen LogP contribution in [0.1, 0.15) is 12.5 Å². The highest BCUT2D eigenvalue weighted by Gasteiger charge is 2.38. The second-order valence-corrected chi connectivity index (χ2v) is 5.20. The van der Waals surface area contributed by atoms with Crippen molar-refractivity contribution in [1.82, 2.24) is 4.98 Å². The van der Waals surface area contributed by atoms with Gasteiger partial charge in [-0.05, 0) is 48.4 Å². The fraction of sp³-hybridized carbons (Fsp3) is 0.176. The van der Waals surface area contributed by atoms with Gasteiger partial charge in [0.05, 0.1) is 0 Å². The molecule has 0 unspecified atom stereocenters. The monoisotopic (exact) mass is 334 g/mol. The smallest absolute Gasteiger partial charge is 0.436 e. The number of nitrogens with one attached hydrogen (secondary N) is 1. The van der Waals surface area contributed by atoms with Gasteiger partial charge < -0.3 is 9.73 Å². The van der Waals surface area contributed by atoms with Crippen LogP contribution in [0, 0.1) is 0 Å². The Bertz CT molecular complexity index is 883. The predicted octanol–water partition coefficient (Wildman–Crippen LogP) is 4.56. The Morgan fingerprint density at radius 2 is 1.88 bits per heavy atom. The van der Waals surface area contributed by atoms with E-state index in [-0.39, 0.29) is 5.69 Å². The first-order valence-corrected chi connectivity index (χ1v) is 7.25. The highest BCUT2D eigenvalue weighted by molar-refractivity contribution is 5.95. The van der Waals surface area contributed by atoms with E-state index in [1.807, 2.05) is 25.1 Å². The normalized spacial score (nSPS) is 11.7. The molecule has 124 valence electrons. The molecule has 0 bridgehead atoms. The average molecular weight is 334 g/mol. The molecule has 1 N–H and O–H groups in total. The molecule has 0 aliphatic heterocycles. The van der Waals surface area contributed by atoms with Crippen molar-refractivity contribution < 1.29 is 22.4 Å². The summed E-state index contributed by atoms with van der Waals surface area (Å²) in [6.45, 7) is 2.04. The predicted molar refractivity (Wildman–Crippen MR) is 83.5 cm³/mol.